The van der Waals surface area contributed by atoms with Gasteiger partial charge in [0, 0.05) is 18.3 Å². The molecule has 8 heteroatoms. The summed E-state index contributed by atoms with van der Waals surface area (Å²) in [4.78, 5) is 12.5. The van der Waals surface area contributed by atoms with Crippen LogP contribution in [0, 0.1) is 12.3 Å². The van der Waals surface area contributed by atoms with Crippen LogP contribution in [0.3, 0.4) is 0 Å². The van der Waals surface area contributed by atoms with E-state index in [9.17, 15) is 13.6 Å². The molecule has 0 radical (unpaired) electrons. The van der Waals surface area contributed by atoms with Crippen molar-refractivity contribution in [2.24, 2.45) is 0 Å². The van der Waals surface area contributed by atoms with Gasteiger partial charge in [0.1, 0.15) is 22.2 Å². The number of alkyl halides is 2. The van der Waals surface area contributed by atoms with Crippen LogP contribution in [0.2, 0.25) is 0 Å². The van der Waals surface area contributed by atoms with Gasteiger partial charge in [0.25, 0.3) is 12.3 Å². The fourth-order valence-corrected chi connectivity index (χ4v) is 2.59. The summed E-state index contributed by atoms with van der Waals surface area (Å²) in [7, 11) is 1.38. The zero-order valence-electron chi connectivity index (χ0n) is 16.0. The lowest BCUT2D eigenvalue weighted by molar-refractivity contribution is -0.112. The highest BCUT2D eigenvalue weighted by atomic mass is 35.5. The van der Waals surface area contributed by atoms with E-state index in [-0.39, 0.29) is 11.3 Å². The lowest BCUT2D eigenvalue weighted by atomic mass is 10.1. The third kappa shape index (κ3) is 6.50. The van der Waals surface area contributed by atoms with Gasteiger partial charge in [0.05, 0.1) is 6.10 Å². The number of halogens is 3. The van der Waals surface area contributed by atoms with Gasteiger partial charge >= 0.3 is 0 Å². The van der Waals surface area contributed by atoms with Crippen LogP contribution in [0.4, 0.5) is 14.5 Å². The molecule has 5 nitrogen and oxygen atoms in total. The molecule has 150 valence electrons. The lowest BCUT2D eigenvalue weighted by Crippen LogP contribution is -2.28. The number of unbranched alkanes of at least 4 members (excludes halogenated alkanes) is 1. The normalized spacial score (nSPS) is 13.0. The topological polar surface area (TPSA) is 74.2 Å². The van der Waals surface area contributed by atoms with Crippen LogP contribution >= 0.6 is 11.6 Å². The molecule has 0 aliphatic heterocycles. The molecule has 0 aromatic heterocycles. The van der Waals surface area contributed by atoms with E-state index in [4.69, 9.17) is 21.7 Å². The highest BCUT2D eigenvalue weighted by Gasteiger charge is 2.26. The lowest BCUT2D eigenvalue weighted by Gasteiger charge is -2.19. The standard InChI is InChI=1S/C19H26ClF2N3O2/c1-5-6-8-11(2)27-14-10-7-9-13(12(14)3)25-19(26)15(17(20)24-4)16(23)18(21)22/h7,9-11,18,23-24H,5-6,8H2,1-4H3,(H,25,26)/b17-15+,23-16?. The highest BCUT2D eigenvalue weighted by molar-refractivity contribution is 6.38. The fourth-order valence-electron chi connectivity index (χ4n) is 2.40. The maximum Gasteiger partial charge on any atom is 0.280 e. The number of hydrogen-bond acceptors (Lipinski definition) is 4. The number of nitrogens with one attached hydrogen (secondary N) is 3. The molecule has 0 heterocycles. The SMILES string of the molecule is CCCCC(C)Oc1cccc(NC(=O)/C(C(=N)C(F)F)=C(\Cl)NC)c1C. The number of ether oxygens (including phenoxy) is 1. The molecule has 0 spiro atoms. The Labute approximate surface area is 163 Å². The van der Waals surface area contributed by atoms with Gasteiger partial charge in [-0.05, 0) is 32.4 Å². The summed E-state index contributed by atoms with van der Waals surface area (Å²) in [6.07, 6.45) is -0.0923. The smallest absolute Gasteiger partial charge is 0.280 e. The van der Waals surface area contributed by atoms with Gasteiger partial charge in [-0.1, -0.05) is 37.4 Å². The first-order valence-corrected chi connectivity index (χ1v) is 9.12. The molecule has 3 N–H and O–H groups in total. The quantitative estimate of drug-likeness (QED) is 0.298. The molecule has 0 fully saturated rings. The van der Waals surface area contributed by atoms with Gasteiger partial charge in [-0.2, -0.15) is 0 Å². The summed E-state index contributed by atoms with van der Waals surface area (Å²) >= 11 is 5.83. The monoisotopic (exact) mass is 401 g/mol. The van der Waals surface area contributed by atoms with Gasteiger partial charge in [0.15, 0.2) is 0 Å². The number of rotatable bonds is 10. The molecular weight excluding hydrogens is 376 g/mol. The highest BCUT2D eigenvalue weighted by Crippen LogP contribution is 2.28. The van der Waals surface area contributed by atoms with Crippen LogP contribution in [0.15, 0.2) is 28.9 Å². The van der Waals surface area contributed by atoms with E-state index in [0.717, 1.165) is 19.3 Å². The van der Waals surface area contributed by atoms with Crippen LogP contribution in [0.5, 0.6) is 5.75 Å². The van der Waals surface area contributed by atoms with Crippen LogP contribution in [0.1, 0.15) is 38.7 Å². The van der Waals surface area contributed by atoms with Crippen molar-refractivity contribution in [1.29, 1.82) is 5.41 Å². The number of anilines is 1. The fraction of sp³-hybridized carbons (Fsp3) is 0.474. The minimum absolute atomic E-state index is 0.0100. The van der Waals surface area contributed by atoms with Crippen LogP contribution in [-0.2, 0) is 4.79 Å². The summed E-state index contributed by atoms with van der Waals surface area (Å²) in [5, 5.41) is 12.1. The largest absolute Gasteiger partial charge is 0.490 e. The molecule has 0 aliphatic carbocycles. The minimum Gasteiger partial charge on any atom is -0.490 e. The number of carbonyl (C=O) groups excluding carboxylic acids is 1. The van der Waals surface area contributed by atoms with Crippen molar-refractivity contribution < 1.29 is 18.3 Å². The number of carbonyl (C=O) groups is 1. The second kappa shape index (κ2) is 10.9. The Morgan fingerprint density at radius 1 is 1.37 bits per heavy atom. The van der Waals surface area contributed by atoms with E-state index in [1.165, 1.54) is 7.05 Å². The van der Waals surface area contributed by atoms with E-state index >= 15 is 0 Å². The molecule has 0 saturated heterocycles. The third-order valence-corrected chi connectivity index (χ3v) is 4.36. The molecule has 1 amide bonds. The van der Waals surface area contributed by atoms with Crippen molar-refractivity contribution in [3.05, 3.63) is 34.5 Å². The summed E-state index contributed by atoms with van der Waals surface area (Å²) in [5.74, 6) is -0.287. The number of benzene rings is 1. The molecule has 1 aromatic rings. The molecule has 0 bridgehead atoms. The second-order valence-electron chi connectivity index (χ2n) is 6.11. The van der Waals surface area contributed by atoms with E-state index in [0.29, 0.717) is 17.0 Å². The number of amides is 1. The molecular formula is C19H26ClF2N3O2. The number of hydrogen-bond donors (Lipinski definition) is 3. The first kappa shape index (κ1) is 22.9. The van der Waals surface area contributed by atoms with E-state index in [2.05, 4.69) is 17.6 Å². The van der Waals surface area contributed by atoms with Crippen molar-refractivity contribution in [2.75, 3.05) is 12.4 Å². The van der Waals surface area contributed by atoms with E-state index in [1.54, 1.807) is 25.1 Å². The molecule has 1 atom stereocenters. The van der Waals surface area contributed by atoms with Crippen molar-refractivity contribution >= 4 is 28.9 Å². The average Bonchev–Trinajstić information content (AvgIpc) is 2.63. The van der Waals surface area contributed by atoms with Gasteiger partial charge in [-0.25, -0.2) is 8.78 Å². The molecule has 1 rings (SSSR count). The van der Waals surface area contributed by atoms with Crippen molar-refractivity contribution in [3.63, 3.8) is 0 Å². The summed E-state index contributed by atoms with van der Waals surface area (Å²) in [6.45, 7) is 5.84. The Morgan fingerprint density at radius 3 is 2.59 bits per heavy atom. The predicted octanol–water partition coefficient (Wildman–Crippen LogP) is 4.85. The van der Waals surface area contributed by atoms with Crippen molar-refractivity contribution in [3.8, 4) is 5.75 Å². The zero-order valence-corrected chi connectivity index (χ0v) is 16.7. The average molecular weight is 402 g/mol. The van der Waals surface area contributed by atoms with Crippen molar-refractivity contribution in [1.82, 2.24) is 5.32 Å². The minimum atomic E-state index is -3.12. The molecule has 27 heavy (non-hydrogen) atoms. The zero-order chi connectivity index (χ0) is 20.6. The molecule has 0 saturated carbocycles. The maximum absolute atomic E-state index is 12.9. The molecule has 0 aliphatic rings. The maximum atomic E-state index is 12.9. The first-order chi connectivity index (χ1) is 12.7. The van der Waals surface area contributed by atoms with Gasteiger partial charge < -0.3 is 15.4 Å². The summed E-state index contributed by atoms with van der Waals surface area (Å²) < 4.78 is 31.8. The van der Waals surface area contributed by atoms with Gasteiger partial charge in [-0.3, -0.25) is 10.2 Å². The van der Waals surface area contributed by atoms with E-state index in [1.807, 2.05) is 6.92 Å². The molecule has 1 aromatic carbocycles. The Hall–Kier alpha value is -2.15. The Morgan fingerprint density at radius 2 is 2.04 bits per heavy atom. The van der Waals surface area contributed by atoms with Crippen LogP contribution in [0.25, 0.3) is 0 Å². The van der Waals surface area contributed by atoms with Gasteiger partial charge in [-0.15, -0.1) is 0 Å². The van der Waals surface area contributed by atoms with Crippen LogP contribution in [-0.4, -0.2) is 31.2 Å². The third-order valence-electron chi connectivity index (χ3n) is 3.98. The Balaban J connectivity index is 3.05. The predicted molar refractivity (Wildman–Crippen MR) is 105 cm³/mol. The Bertz CT molecular complexity index is 708. The Kier molecular flexibility index (Phi) is 9.21. The van der Waals surface area contributed by atoms with Crippen LogP contribution < -0.4 is 15.4 Å². The van der Waals surface area contributed by atoms with Gasteiger partial charge in [0.2, 0.25) is 0 Å². The second-order valence-corrected chi connectivity index (χ2v) is 6.48. The summed E-state index contributed by atoms with van der Waals surface area (Å²) in [5.41, 5.74) is -0.681. The van der Waals surface area contributed by atoms with E-state index < -0.39 is 23.6 Å². The van der Waals surface area contributed by atoms with Crippen molar-refractivity contribution in [2.45, 2.75) is 52.6 Å². The summed E-state index contributed by atoms with van der Waals surface area (Å²) in [6, 6.07) is 5.12. The first-order valence-electron chi connectivity index (χ1n) is 8.74. The molecule has 1 unspecified atom stereocenters.